The van der Waals surface area contributed by atoms with Gasteiger partial charge in [0.2, 0.25) is 15.9 Å². The van der Waals surface area contributed by atoms with Crippen LogP contribution < -0.4 is 9.62 Å². The molecule has 1 N–H and O–H groups in total. The summed E-state index contributed by atoms with van der Waals surface area (Å²) in [5.74, 6) is -6.55. The van der Waals surface area contributed by atoms with Gasteiger partial charge in [0.05, 0.1) is 11.9 Å². The molecule has 0 aliphatic heterocycles. The van der Waals surface area contributed by atoms with Crippen LogP contribution in [0.1, 0.15) is 5.56 Å². The van der Waals surface area contributed by atoms with Crippen molar-refractivity contribution >= 4 is 21.6 Å². The second-order valence-electron chi connectivity index (χ2n) is 5.33. The molecule has 0 aromatic heterocycles. The van der Waals surface area contributed by atoms with Gasteiger partial charge in [-0.1, -0.05) is 18.2 Å². The molecule has 0 atom stereocenters. The van der Waals surface area contributed by atoms with Gasteiger partial charge in [-0.3, -0.25) is 9.10 Å². The Labute approximate surface area is 147 Å². The van der Waals surface area contributed by atoms with E-state index < -0.39 is 51.4 Å². The fraction of sp³-hybridized carbons (Fsp3) is 0.188. The first-order chi connectivity index (χ1) is 12.1. The maximum absolute atomic E-state index is 13.9. The zero-order chi connectivity index (χ0) is 19.5. The van der Waals surface area contributed by atoms with Gasteiger partial charge in [-0.15, -0.1) is 0 Å². The van der Waals surface area contributed by atoms with Crippen molar-refractivity contribution in [3.8, 4) is 0 Å². The summed E-state index contributed by atoms with van der Waals surface area (Å²) in [5, 5.41) is 2.28. The topological polar surface area (TPSA) is 66.5 Å². The minimum absolute atomic E-state index is 0.158. The van der Waals surface area contributed by atoms with Gasteiger partial charge < -0.3 is 5.32 Å². The molecule has 0 saturated heterocycles. The number of anilines is 1. The van der Waals surface area contributed by atoms with E-state index >= 15 is 0 Å². The summed E-state index contributed by atoms with van der Waals surface area (Å²) in [6.07, 6.45) is 0.678. The Morgan fingerprint density at radius 3 is 2.27 bits per heavy atom. The summed E-state index contributed by atoms with van der Waals surface area (Å²) in [6, 6.07) is 6.85. The second-order valence-corrected chi connectivity index (χ2v) is 7.24. The van der Waals surface area contributed by atoms with Crippen molar-refractivity contribution in [2.75, 3.05) is 17.1 Å². The Balaban J connectivity index is 2.20. The number of rotatable bonds is 6. The first kappa shape index (κ1) is 19.7. The summed E-state index contributed by atoms with van der Waals surface area (Å²) >= 11 is 0. The average molecular weight is 390 g/mol. The standard InChI is InChI=1S/C16H14F4N2O3S/c1-26(24,25)22(13-7-6-12(18)15(19)16(13)20)9-14(23)21-8-10-4-2-3-5-11(10)17/h2-7H,8-9H2,1H3,(H,21,23). The molecular weight excluding hydrogens is 376 g/mol. The molecule has 1 amide bonds. The van der Waals surface area contributed by atoms with Gasteiger partial charge in [0.25, 0.3) is 0 Å². The highest BCUT2D eigenvalue weighted by atomic mass is 32.2. The Hall–Kier alpha value is -2.62. The summed E-state index contributed by atoms with van der Waals surface area (Å²) < 4.78 is 77.8. The molecule has 0 unspecified atom stereocenters. The van der Waals surface area contributed by atoms with Crippen molar-refractivity contribution < 1.29 is 30.8 Å². The number of nitrogens with zero attached hydrogens (tertiary/aromatic N) is 1. The molecule has 0 saturated carbocycles. The molecule has 0 aliphatic carbocycles. The number of hydrogen-bond donors (Lipinski definition) is 1. The number of benzene rings is 2. The molecule has 140 valence electrons. The second kappa shape index (κ2) is 7.73. The average Bonchev–Trinajstić information content (AvgIpc) is 2.57. The third-order valence-corrected chi connectivity index (χ3v) is 4.53. The largest absolute Gasteiger partial charge is 0.350 e. The highest BCUT2D eigenvalue weighted by Gasteiger charge is 2.26. The number of sulfonamides is 1. The molecule has 0 spiro atoms. The van der Waals surface area contributed by atoms with Crippen LogP contribution in [0.25, 0.3) is 0 Å². The van der Waals surface area contributed by atoms with Crippen molar-refractivity contribution in [2.24, 2.45) is 0 Å². The lowest BCUT2D eigenvalue weighted by molar-refractivity contribution is -0.119. The maximum Gasteiger partial charge on any atom is 0.241 e. The molecule has 0 aliphatic rings. The smallest absolute Gasteiger partial charge is 0.241 e. The molecule has 5 nitrogen and oxygen atoms in total. The van der Waals surface area contributed by atoms with Crippen molar-refractivity contribution in [3.63, 3.8) is 0 Å². The Morgan fingerprint density at radius 2 is 1.65 bits per heavy atom. The molecular formula is C16H14F4N2O3S. The Morgan fingerprint density at radius 1 is 1.00 bits per heavy atom. The van der Waals surface area contributed by atoms with E-state index in [1.165, 1.54) is 18.2 Å². The zero-order valence-electron chi connectivity index (χ0n) is 13.5. The van der Waals surface area contributed by atoms with Gasteiger partial charge in [-0.2, -0.15) is 0 Å². The Kier molecular flexibility index (Phi) is 5.86. The van der Waals surface area contributed by atoms with E-state index in [1.807, 2.05) is 0 Å². The molecule has 0 heterocycles. The lowest BCUT2D eigenvalue weighted by Gasteiger charge is -2.22. The summed E-state index contributed by atoms with van der Waals surface area (Å²) in [5.41, 5.74) is -0.654. The zero-order valence-corrected chi connectivity index (χ0v) is 14.3. The van der Waals surface area contributed by atoms with Crippen LogP contribution in [0.5, 0.6) is 0 Å². The normalized spacial score (nSPS) is 11.3. The van der Waals surface area contributed by atoms with Crippen LogP contribution in [0.2, 0.25) is 0 Å². The monoisotopic (exact) mass is 390 g/mol. The number of nitrogens with one attached hydrogen (secondary N) is 1. The van der Waals surface area contributed by atoms with Crippen molar-refractivity contribution in [3.05, 3.63) is 65.2 Å². The van der Waals surface area contributed by atoms with Crippen LogP contribution in [0.4, 0.5) is 23.2 Å². The predicted octanol–water partition coefficient (Wildman–Crippen LogP) is 2.33. The third kappa shape index (κ3) is 4.51. The van der Waals surface area contributed by atoms with E-state index in [0.717, 1.165) is 0 Å². The van der Waals surface area contributed by atoms with E-state index in [1.54, 1.807) is 6.07 Å². The van der Waals surface area contributed by atoms with Crippen molar-refractivity contribution in [1.82, 2.24) is 5.32 Å². The first-order valence-electron chi connectivity index (χ1n) is 7.22. The fourth-order valence-electron chi connectivity index (χ4n) is 2.11. The van der Waals surface area contributed by atoms with Gasteiger partial charge in [0.1, 0.15) is 12.4 Å². The fourth-order valence-corrected chi connectivity index (χ4v) is 2.96. The highest BCUT2D eigenvalue weighted by Crippen LogP contribution is 2.25. The van der Waals surface area contributed by atoms with Crippen LogP contribution in [0.15, 0.2) is 36.4 Å². The highest BCUT2D eigenvalue weighted by molar-refractivity contribution is 7.92. The van der Waals surface area contributed by atoms with Crippen LogP contribution in [-0.4, -0.2) is 27.1 Å². The van der Waals surface area contributed by atoms with Gasteiger partial charge in [0, 0.05) is 12.1 Å². The van der Waals surface area contributed by atoms with Crippen LogP contribution in [0.3, 0.4) is 0 Å². The number of carbonyl (C=O) groups is 1. The van der Waals surface area contributed by atoms with Crippen molar-refractivity contribution in [2.45, 2.75) is 6.54 Å². The number of carbonyl (C=O) groups excluding carboxylic acids is 1. The molecule has 2 rings (SSSR count). The molecule has 0 radical (unpaired) electrons. The number of hydrogen-bond acceptors (Lipinski definition) is 3. The number of amides is 1. The van der Waals surface area contributed by atoms with Gasteiger partial charge in [-0.05, 0) is 18.2 Å². The quantitative estimate of drug-likeness (QED) is 0.608. The number of halogens is 4. The lowest BCUT2D eigenvalue weighted by atomic mass is 10.2. The van der Waals surface area contributed by atoms with Crippen LogP contribution >= 0.6 is 0 Å². The summed E-state index contributed by atoms with van der Waals surface area (Å²) in [7, 11) is -4.19. The van der Waals surface area contributed by atoms with Crippen molar-refractivity contribution in [1.29, 1.82) is 0 Å². The Bertz CT molecular complexity index is 935. The van der Waals surface area contributed by atoms with E-state index in [2.05, 4.69) is 5.32 Å². The van der Waals surface area contributed by atoms with E-state index in [0.29, 0.717) is 22.7 Å². The molecule has 26 heavy (non-hydrogen) atoms. The predicted molar refractivity (Wildman–Crippen MR) is 86.8 cm³/mol. The minimum Gasteiger partial charge on any atom is -0.350 e. The summed E-state index contributed by atoms with van der Waals surface area (Å²) in [6.45, 7) is -1.13. The summed E-state index contributed by atoms with van der Waals surface area (Å²) in [4.78, 5) is 12.0. The molecule has 0 bridgehead atoms. The van der Waals surface area contributed by atoms with Gasteiger partial charge in [-0.25, -0.2) is 26.0 Å². The maximum atomic E-state index is 13.9. The van der Waals surface area contributed by atoms with E-state index in [9.17, 15) is 30.8 Å². The van der Waals surface area contributed by atoms with Gasteiger partial charge in [0.15, 0.2) is 17.5 Å². The first-order valence-corrected chi connectivity index (χ1v) is 9.07. The van der Waals surface area contributed by atoms with E-state index in [4.69, 9.17) is 0 Å². The lowest BCUT2D eigenvalue weighted by Crippen LogP contribution is -2.40. The van der Waals surface area contributed by atoms with Gasteiger partial charge >= 0.3 is 0 Å². The molecule has 0 fully saturated rings. The van der Waals surface area contributed by atoms with E-state index in [-0.39, 0.29) is 12.1 Å². The SMILES string of the molecule is CS(=O)(=O)N(CC(=O)NCc1ccccc1F)c1ccc(F)c(F)c1F. The molecule has 10 heteroatoms. The van der Waals surface area contributed by atoms with Crippen LogP contribution in [0, 0.1) is 23.3 Å². The third-order valence-electron chi connectivity index (χ3n) is 3.40. The van der Waals surface area contributed by atoms with Crippen LogP contribution in [-0.2, 0) is 21.4 Å². The molecule has 2 aromatic rings. The minimum atomic E-state index is -4.19. The molecule has 2 aromatic carbocycles.